The number of nitrogens with zero attached hydrogens (tertiary/aromatic N) is 4. The third kappa shape index (κ3) is 3.12. The molecule has 27 heavy (non-hydrogen) atoms. The van der Waals surface area contributed by atoms with Gasteiger partial charge < -0.3 is 4.90 Å². The average Bonchev–Trinajstić information content (AvgIpc) is 3.36. The second-order valence-electron chi connectivity index (χ2n) is 6.39. The maximum Gasteiger partial charge on any atom is 0.274 e. The molecule has 0 bridgehead atoms. The number of nitro benzene ring substituents is 1. The maximum atomic E-state index is 13.1. The summed E-state index contributed by atoms with van der Waals surface area (Å²) >= 11 is 1.75. The highest BCUT2D eigenvalue weighted by molar-refractivity contribution is 7.10. The van der Waals surface area contributed by atoms with Crippen LogP contribution in [0.3, 0.4) is 0 Å². The van der Waals surface area contributed by atoms with Crippen molar-refractivity contribution in [3.63, 3.8) is 0 Å². The van der Waals surface area contributed by atoms with Gasteiger partial charge in [-0.05, 0) is 42.0 Å². The van der Waals surface area contributed by atoms with Crippen LogP contribution in [0, 0.1) is 10.1 Å². The standard InChI is InChI=1S/C19H18N4O3S/c1-2-17-15-8-11-27-18(15)7-9-21(17)19(24)16-6-10-22(20-16)13-4-3-5-14(12-13)23(25)26/h3-6,8,10-12,17H,2,7,9H2,1H3. The normalized spacial score (nSPS) is 16.2. The van der Waals surface area contributed by atoms with E-state index >= 15 is 0 Å². The first-order valence-corrected chi connectivity index (χ1v) is 9.64. The van der Waals surface area contributed by atoms with Crippen LogP contribution >= 0.6 is 11.3 Å². The van der Waals surface area contributed by atoms with Crippen molar-refractivity contribution in [1.82, 2.24) is 14.7 Å². The van der Waals surface area contributed by atoms with Gasteiger partial charge in [-0.15, -0.1) is 11.3 Å². The van der Waals surface area contributed by atoms with E-state index in [1.165, 1.54) is 27.3 Å². The van der Waals surface area contributed by atoms with Gasteiger partial charge in [-0.3, -0.25) is 14.9 Å². The van der Waals surface area contributed by atoms with Crippen molar-refractivity contribution in [3.8, 4) is 5.69 Å². The number of rotatable bonds is 4. The van der Waals surface area contributed by atoms with Gasteiger partial charge >= 0.3 is 0 Å². The third-order valence-corrected chi connectivity index (χ3v) is 5.85. The molecule has 0 saturated heterocycles. The molecule has 1 aliphatic heterocycles. The van der Waals surface area contributed by atoms with Crippen molar-refractivity contribution in [2.75, 3.05) is 6.54 Å². The predicted molar refractivity (Wildman–Crippen MR) is 102 cm³/mol. The summed E-state index contributed by atoms with van der Waals surface area (Å²) in [4.78, 5) is 26.8. The zero-order chi connectivity index (χ0) is 19.0. The lowest BCUT2D eigenvalue weighted by molar-refractivity contribution is -0.384. The van der Waals surface area contributed by atoms with Crippen LogP contribution in [0.25, 0.3) is 5.69 Å². The molecule has 0 N–H and O–H groups in total. The molecule has 138 valence electrons. The Morgan fingerprint density at radius 3 is 3.00 bits per heavy atom. The third-order valence-electron chi connectivity index (χ3n) is 4.86. The Hall–Kier alpha value is -3.00. The Morgan fingerprint density at radius 2 is 2.22 bits per heavy atom. The van der Waals surface area contributed by atoms with Gasteiger partial charge in [0.05, 0.1) is 16.7 Å². The maximum absolute atomic E-state index is 13.1. The summed E-state index contributed by atoms with van der Waals surface area (Å²) in [5.74, 6) is -0.108. The predicted octanol–water partition coefficient (Wildman–Crippen LogP) is 3.99. The second-order valence-corrected chi connectivity index (χ2v) is 7.39. The van der Waals surface area contributed by atoms with Gasteiger partial charge in [0.15, 0.2) is 5.69 Å². The Morgan fingerprint density at radius 1 is 1.37 bits per heavy atom. The SMILES string of the molecule is CCC1c2ccsc2CCN1C(=O)c1ccn(-c2cccc([N+](=O)[O-])c2)n1. The van der Waals surface area contributed by atoms with Gasteiger partial charge in [0.1, 0.15) is 0 Å². The van der Waals surface area contributed by atoms with Crippen molar-refractivity contribution < 1.29 is 9.72 Å². The molecule has 4 rings (SSSR count). The zero-order valence-electron chi connectivity index (χ0n) is 14.7. The number of aromatic nitrogens is 2. The number of hydrogen-bond donors (Lipinski definition) is 0. The van der Waals surface area contributed by atoms with E-state index in [1.54, 1.807) is 35.7 Å². The number of carbonyl (C=O) groups is 1. The fourth-order valence-corrected chi connectivity index (χ4v) is 4.49. The quantitative estimate of drug-likeness (QED) is 0.505. The number of hydrogen-bond acceptors (Lipinski definition) is 5. The van der Waals surface area contributed by atoms with E-state index in [0.29, 0.717) is 17.9 Å². The van der Waals surface area contributed by atoms with Gasteiger partial charge in [-0.1, -0.05) is 13.0 Å². The number of amides is 1. The van der Waals surface area contributed by atoms with Gasteiger partial charge in [-0.2, -0.15) is 5.10 Å². The molecule has 3 heterocycles. The fourth-order valence-electron chi connectivity index (χ4n) is 3.56. The highest BCUT2D eigenvalue weighted by Crippen LogP contribution is 2.35. The lowest BCUT2D eigenvalue weighted by Crippen LogP contribution is -2.39. The summed E-state index contributed by atoms with van der Waals surface area (Å²) in [5.41, 5.74) is 2.12. The summed E-state index contributed by atoms with van der Waals surface area (Å²) in [6.45, 7) is 2.76. The Kier molecular flexibility index (Phi) is 4.49. The van der Waals surface area contributed by atoms with Crippen LogP contribution in [-0.4, -0.2) is 32.1 Å². The molecule has 1 atom stereocenters. The van der Waals surface area contributed by atoms with Gasteiger partial charge in [0, 0.05) is 29.8 Å². The zero-order valence-corrected chi connectivity index (χ0v) is 15.6. The van der Waals surface area contributed by atoms with E-state index in [9.17, 15) is 14.9 Å². The van der Waals surface area contributed by atoms with Crippen LogP contribution in [0.4, 0.5) is 5.69 Å². The Labute approximate surface area is 160 Å². The molecule has 1 unspecified atom stereocenters. The molecule has 1 aliphatic rings. The first-order chi connectivity index (χ1) is 13.1. The highest BCUT2D eigenvalue weighted by atomic mass is 32.1. The number of thiophene rings is 1. The molecule has 1 amide bonds. The minimum atomic E-state index is -0.447. The van der Waals surface area contributed by atoms with Crippen LogP contribution in [0.5, 0.6) is 0 Å². The summed E-state index contributed by atoms with van der Waals surface area (Å²) in [6, 6.07) is 10.0. The topological polar surface area (TPSA) is 81.3 Å². The molecule has 2 aromatic heterocycles. The molecule has 0 saturated carbocycles. The van der Waals surface area contributed by atoms with Crippen molar-refractivity contribution in [3.05, 3.63) is 74.2 Å². The van der Waals surface area contributed by atoms with Crippen LogP contribution in [0.1, 0.15) is 40.3 Å². The van der Waals surface area contributed by atoms with Crippen LogP contribution in [0.15, 0.2) is 48.0 Å². The Bertz CT molecular complexity index is 1010. The summed E-state index contributed by atoms with van der Waals surface area (Å²) in [5, 5.41) is 17.4. The first kappa shape index (κ1) is 17.4. The van der Waals surface area contributed by atoms with Crippen LogP contribution < -0.4 is 0 Å². The smallest absolute Gasteiger partial charge is 0.274 e. The number of nitro groups is 1. The van der Waals surface area contributed by atoms with Crippen LogP contribution in [0.2, 0.25) is 0 Å². The van der Waals surface area contributed by atoms with Crippen molar-refractivity contribution >= 4 is 22.9 Å². The first-order valence-electron chi connectivity index (χ1n) is 8.76. The fraction of sp³-hybridized carbons (Fsp3) is 0.263. The molecule has 0 radical (unpaired) electrons. The summed E-state index contributed by atoms with van der Waals surface area (Å²) in [7, 11) is 0. The minimum Gasteiger partial charge on any atom is -0.330 e. The number of non-ortho nitro benzene ring substituents is 1. The van der Waals surface area contributed by atoms with Gasteiger partial charge in [0.2, 0.25) is 0 Å². The van der Waals surface area contributed by atoms with E-state index < -0.39 is 4.92 Å². The minimum absolute atomic E-state index is 0.0112. The lowest BCUT2D eigenvalue weighted by atomic mass is 9.97. The summed E-state index contributed by atoms with van der Waals surface area (Å²) < 4.78 is 1.50. The highest BCUT2D eigenvalue weighted by Gasteiger charge is 2.31. The number of fused-ring (bicyclic) bond motifs is 1. The molecule has 1 aromatic carbocycles. The largest absolute Gasteiger partial charge is 0.330 e. The lowest BCUT2D eigenvalue weighted by Gasteiger charge is -2.35. The van der Waals surface area contributed by atoms with E-state index in [4.69, 9.17) is 0 Å². The van der Waals surface area contributed by atoms with E-state index in [0.717, 1.165) is 12.8 Å². The number of benzene rings is 1. The monoisotopic (exact) mass is 382 g/mol. The average molecular weight is 382 g/mol. The molecule has 0 spiro atoms. The van der Waals surface area contributed by atoms with E-state index in [2.05, 4.69) is 23.5 Å². The molecule has 3 aromatic rings. The van der Waals surface area contributed by atoms with Crippen molar-refractivity contribution in [1.29, 1.82) is 0 Å². The van der Waals surface area contributed by atoms with Crippen molar-refractivity contribution in [2.24, 2.45) is 0 Å². The number of carbonyl (C=O) groups excluding carboxylic acids is 1. The van der Waals surface area contributed by atoms with E-state index in [-0.39, 0.29) is 17.6 Å². The van der Waals surface area contributed by atoms with Crippen molar-refractivity contribution in [2.45, 2.75) is 25.8 Å². The summed E-state index contributed by atoms with van der Waals surface area (Å²) in [6.07, 6.45) is 3.37. The van der Waals surface area contributed by atoms with Gasteiger partial charge in [0.25, 0.3) is 11.6 Å². The molecule has 7 nitrogen and oxygen atoms in total. The van der Waals surface area contributed by atoms with E-state index in [1.807, 2.05) is 4.90 Å². The molecular weight excluding hydrogens is 364 g/mol. The van der Waals surface area contributed by atoms with Gasteiger partial charge in [-0.25, -0.2) is 4.68 Å². The molecule has 0 fully saturated rings. The molecule has 0 aliphatic carbocycles. The Balaban J connectivity index is 1.61. The van der Waals surface area contributed by atoms with Crippen LogP contribution in [-0.2, 0) is 6.42 Å². The molecule has 8 heteroatoms. The second kappa shape index (κ2) is 6.96. The molecular formula is C19H18N4O3S.